The Labute approximate surface area is 94.8 Å². The van der Waals surface area contributed by atoms with Crippen molar-refractivity contribution in [1.82, 2.24) is 13.9 Å². The van der Waals surface area contributed by atoms with Crippen LogP contribution in [0.3, 0.4) is 0 Å². The third-order valence-corrected chi connectivity index (χ3v) is 2.80. The molecule has 16 heavy (non-hydrogen) atoms. The Kier molecular flexibility index (Phi) is 3.86. The average molecular weight is 249 g/mol. The quantitative estimate of drug-likeness (QED) is 0.700. The van der Waals surface area contributed by atoms with E-state index in [0.29, 0.717) is 13.2 Å². The van der Waals surface area contributed by atoms with Gasteiger partial charge >= 0.3 is 17.4 Å². The van der Waals surface area contributed by atoms with Crippen LogP contribution in [0.4, 0.5) is 3.89 Å². The molecule has 1 saturated heterocycles. The van der Waals surface area contributed by atoms with Gasteiger partial charge < -0.3 is 9.47 Å². The number of ether oxygens (including phenoxy) is 2. The van der Waals surface area contributed by atoms with Gasteiger partial charge in [0.1, 0.15) is 6.73 Å². The molecule has 1 fully saturated rings. The molecule has 0 N–H and O–H groups in total. The Balaban J connectivity index is 1.88. The highest BCUT2D eigenvalue weighted by molar-refractivity contribution is 7.78. The molecule has 0 amide bonds. The summed E-state index contributed by atoms with van der Waals surface area (Å²) in [6.07, 6.45) is 2.61. The summed E-state index contributed by atoms with van der Waals surface area (Å²) in [5.74, 6) is 0. The van der Waals surface area contributed by atoms with Crippen LogP contribution in [0.2, 0.25) is 0 Å². The fraction of sp³-hybridized carbons (Fsp3) is 0.625. The molecule has 1 aromatic heterocycles. The van der Waals surface area contributed by atoms with E-state index in [2.05, 4.69) is 4.98 Å². The van der Waals surface area contributed by atoms with E-state index in [4.69, 9.17) is 9.47 Å². The van der Waals surface area contributed by atoms with Gasteiger partial charge in [0.05, 0.1) is 19.4 Å². The summed E-state index contributed by atoms with van der Waals surface area (Å²) >= 11 is -2.63. The third kappa shape index (κ3) is 2.77. The van der Waals surface area contributed by atoms with E-state index >= 15 is 0 Å². The van der Waals surface area contributed by atoms with Gasteiger partial charge in [-0.2, -0.15) is 8.18 Å². The maximum atomic E-state index is 12.6. The van der Waals surface area contributed by atoms with Crippen molar-refractivity contribution >= 4 is 11.4 Å². The molecule has 0 radical (unpaired) electrons. The molecule has 1 unspecified atom stereocenters. The lowest BCUT2D eigenvalue weighted by Crippen LogP contribution is -2.38. The van der Waals surface area contributed by atoms with Crippen LogP contribution in [0.5, 0.6) is 6.01 Å². The monoisotopic (exact) mass is 249 g/mol. The summed E-state index contributed by atoms with van der Waals surface area (Å²) in [6.45, 7) is 3.14. The number of halogens is 1. The number of morpholine rings is 1. The lowest BCUT2D eigenvalue weighted by Gasteiger charge is -2.25. The molecule has 2 rings (SSSR count). The summed E-state index contributed by atoms with van der Waals surface area (Å²) in [4.78, 5) is 5.78. The third-order valence-electron chi connectivity index (χ3n) is 2.21. The van der Waals surface area contributed by atoms with Crippen LogP contribution < -0.4 is 4.74 Å². The predicted octanol–water partition coefficient (Wildman–Crippen LogP) is -0.0521. The molecule has 0 bridgehead atoms. The predicted molar refractivity (Wildman–Crippen MR) is 54.8 cm³/mol. The molecule has 0 spiro atoms. The van der Waals surface area contributed by atoms with Crippen molar-refractivity contribution in [3.05, 3.63) is 12.4 Å². The molecule has 1 atom stereocenters. The number of aromatic nitrogens is 2. The minimum atomic E-state index is -2.63. The summed E-state index contributed by atoms with van der Waals surface area (Å²) in [7, 11) is 0. The molecule has 2 heterocycles. The highest BCUT2D eigenvalue weighted by Crippen LogP contribution is 2.10. The van der Waals surface area contributed by atoms with Crippen molar-refractivity contribution in [1.29, 1.82) is 0 Å². The summed E-state index contributed by atoms with van der Waals surface area (Å²) in [6, 6.07) is 0.0207. The Morgan fingerprint density at radius 3 is 3.00 bits per heavy atom. The lowest BCUT2D eigenvalue weighted by atomic mass is 10.5. The van der Waals surface area contributed by atoms with Gasteiger partial charge in [-0.15, -0.1) is 3.89 Å². The number of hydrogen-bond donors (Lipinski definition) is 0. The van der Waals surface area contributed by atoms with E-state index in [1.54, 1.807) is 0 Å². The van der Waals surface area contributed by atoms with Gasteiger partial charge in [-0.05, 0) is 0 Å². The first kappa shape index (κ1) is 11.5. The van der Waals surface area contributed by atoms with Crippen LogP contribution in [0.25, 0.3) is 0 Å². The van der Waals surface area contributed by atoms with Crippen LogP contribution in [0.15, 0.2) is 12.4 Å². The number of rotatable bonds is 4. The summed E-state index contributed by atoms with van der Waals surface area (Å²) < 4.78 is 34.5. The van der Waals surface area contributed by atoms with Crippen LogP contribution in [0, 0.1) is 0 Å². The average Bonchev–Trinajstić information content (AvgIpc) is 2.76. The van der Waals surface area contributed by atoms with Gasteiger partial charge in [0.15, 0.2) is 0 Å². The second-order valence-corrected chi connectivity index (χ2v) is 4.05. The molecular formula is C8H12FN3O3S. The zero-order valence-electron chi connectivity index (χ0n) is 8.54. The van der Waals surface area contributed by atoms with Crippen molar-refractivity contribution in [2.45, 2.75) is 0 Å². The van der Waals surface area contributed by atoms with Crippen molar-refractivity contribution < 1.29 is 17.6 Å². The molecule has 0 aliphatic carbocycles. The lowest BCUT2D eigenvalue weighted by molar-refractivity contribution is 0.00176. The normalized spacial score (nSPS) is 19.6. The Morgan fingerprint density at radius 1 is 1.56 bits per heavy atom. The number of hydrogen-bond acceptors (Lipinski definition) is 5. The fourth-order valence-electron chi connectivity index (χ4n) is 1.37. The van der Waals surface area contributed by atoms with Crippen LogP contribution in [-0.2, 0) is 16.1 Å². The Hall–Kier alpha value is -0.990. The Bertz CT molecular complexity index is 367. The molecular weight excluding hydrogens is 237 g/mol. The van der Waals surface area contributed by atoms with E-state index < -0.39 is 11.4 Å². The van der Waals surface area contributed by atoms with Gasteiger partial charge in [-0.25, -0.2) is 4.98 Å². The summed E-state index contributed by atoms with van der Waals surface area (Å²) in [5, 5.41) is 0. The van der Waals surface area contributed by atoms with Crippen molar-refractivity contribution in [3.63, 3.8) is 0 Å². The first-order chi connectivity index (χ1) is 7.77. The van der Waals surface area contributed by atoms with E-state index in [1.807, 2.05) is 4.90 Å². The second-order valence-electron chi connectivity index (χ2n) is 3.25. The zero-order chi connectivity index (χ0) is 11.4. The van der Waals surface area contributed by atoms with E-state index in [1.165, 1.54) is 12.4 Å². The zero-order valence-corrected chi connectivity index (χ0v) is 9.36. The second kappa shape index (κ2) is 5.37. The Morgan fingerprint density at radius 2 is 2.31 bits per heavy atom. The van der Waals surface area contributed by atoms with Crippen molar-refractivity contribution in [2.75, 3.05) is 33.0 Å². The van der Waals surface area contributed by atoms with Crippen LogP contribution in [-0.4, -0.2) is 51.1 Å². The fourth-order valence-corrected chi connectivity index (χ4v) is 1.74. The molecule has 6 nitrogen and oxygen atoms in total. The minimum absolute atomic E-state index is 0.0207. The molecule has 0 aromatic carbocycles. The van der Waals surface area contributed by atoms with Gasteiger partial charge in [-0.3, -0.25) is 4.90 Å². The maximum absolute atomic E-state index is 12.6. The smallest absolute Gasteiger partial charge is 0.312 e. The molecule has 1 aliphatic heterocycles. The first-order valence-electron chi connectivity index (χ1n) is 4.82. The topological polar surface area (TPSA) is 56.6 Å². The van der Waals surface area contributed by atoms with Gasteiger partial charge in [0.25, 0.3) is 0 Å². The standard InChI is InChI=1S/C8H12FN3O3S/c9-16(13)12-2-1-10-8(12)15-7-11-3-5-14-6-4-11/h1-2H,3-7H2. The number of nitrogens with zero attached hydrogens (tertiary/aromatic N) is 3. The minimum Gasteiger partial charge on any atom is -0.448 e. The van der Waals surface area contributed by atoms with Gasteiger partial charge in [0, 0.05) is 19.3 Å². The van der Waals surface area contributed by atoms with Gasteiger partial charge in [0.2, 0.25) is 0 Å². The van der Waals surface area contributed by atoms with Crippen molar-refractivity contribution in [3.8, 4) is 6.01 Å². The molecule has 1 aromatic rings. The van der Waals surface area contributed by atoms with E-state index in [-0.39, 0.29) is 12.7 Å². The summed E-state index contributed by atoms with van der Waals surface area (Å²) in [5.41, 5.74) is 0. The molecule has 0 saturated carbocycles. The highest BCUT2D eigenvalue weighted by atomic mass is 32.2. The van der Waals surface area contributed by atoms with Crippen LogP contribution in [0.1, 0.15) is 0 Å². The highest BCUT2D eigenvalue weighted by Gasteiger charge is 2.14. The molecule has 8 heteroatoms. The maximum Gasteiger partial charge on any atom is 0.312 e. The largest absolute Gasteiger partial charge is 0.448 e. The van der Waals surface area contributed by atoms with Crippen molar-refractivity contribution in [2.24, 2.45) is 0 Å². The molecule has 90 valence electrons. The van der Waals surface area contributed by atoms with E-state index in [9.17, 15) is 8.09 Å². The van der Waals surface area contributed by atoms with E-state index in [0.717, 1.165) is 17.1 Å². The van der Waals surface area contributed by atoms with Gasteiger partial charge in [-0.1, -0.05) is 0 Å². The molecule has 1 aliphatic rings. The van der Waals surface area contributed by atoms with Crippen LogP contribution >= 0.6 is 0 Å². The number of imidazole rings is 1. The SMILES string of the molecule is O=S(F)n1ccnc1OCN1CCOCC1. The first-order valence-corrected chi connectivity index (χ1v) is 5.83.